The number of halogens is 2. The molecule has 0 fully saturated rings. The molecule has 3 rings (SSSR count). The highest BCUT2D eigenvalue weighted by molar-refractivity contribution is 9.10. The molecule has 0 N–H and O–H groups in total. The van der Waals surface area contributed by atoms with Crippen LogP contribution in [0, 0.1) is 5.82 Å². The van der Waals surface area contributed by atoms with Crippen molar-refractivity contribution >= 4 is 32.0 Å². The lowest BCUT2D eigenvalue weighted by Crippen LogP contribution is -2.26. The van der Waals surface area contributed by atoms with E-state index in [4.69, 9.17) is 13.7 Å². The van der Waals surface area contributed by atoms with E-state index in [0.29, 0.717) is 4.47 Å². The Labute approximate surface area is 190 Å². The van der Waals surface area contributed by atoms with Crippen LogP contribution in [0.1, 0.15) is 17.4 Å². The number of hydrogen-bond donors (Lipinski definition) is 0. The van der Waals surface area contributed by atoms with Crippen molar-refractivity contribution < 1.29 is 31.3 Å². The fourth-order valence-corrected chi connectivity index (χ4v) is 4.26. The lowest BCUT2D eigenvalue weighted by atomic mass is 10.3. The molecule has 9 nitrogen and oxygen atoms in total. The molecule has 32 heavy (non-hydrogen) atoms. The minimum absolute atomic E-state index is 0.0153. The summed E-state index contributed by atoms with van der Waals surface area (Å²) >= 11 is 3.17. The van der Waals surface area contributed by atoms with Gasteiger partial charge in [0.05, 0.1) is 25.5 Å². The number of carbonyl (C=O) groups excluding carboxylic acids is 1. The topological polar surface area (TPSA) is 114 Å². The first-order chi connectivity index (χ1) is 15.2. The highest BCUT2D eigenvalue weighted by atomic mass is 79.9. The molecule has 0 saturated carbocycles. The van der Waals surface area contributed by atoms with Crippen molar-refractivity contribution in [3.05, 3.63) is 74.9 Å². The number of rotatable bonds is 7. The number of methoxy groups -OCH3 is 1. The summed E-state index contributed by atoms with van der Waals surface area (Å²) in [6.45, 7) is 1.50. The summed E-state index contributed by atoms with van der Waals surface area (Å²) in [6, 6.07) is 9.72. The van der Waals surface area contributed by atoms with Crippen LogP contribution in [0.25, 0.3) is 5.69 Å². The summed E-state index contributed by atoms with van der Waals surface area (Å²) < 4.78 is 55.4. The van der Waals surface area contributed by atoms with Gasteiger partial charge in [-0.1, -0.05) is 15.9 Å². The van der Waals surface area contributed by atoms with Crippen molar-refractivity contribution in [1.29, 1.82) is 0 Å². The highest BCUT2D eigenvalue weighted by Gasteiger charge is 2.28. The largest absolute Gasteiger partial charge is 0.495 e. The Morgan fingerprint density at radius 2 is 1.81 bits per heavy atom. The Balaban J connectivity index is 2.14. The smallest absolute Gasteiger partial charge is 0.362 e. The average Bonchev–Trinajstić information content (AvgIpc) is 2.74. The minimum Gasteiger partial charge on any atom is -0.495 e. The van der Waals surface area contributed by atoms with Crippen LogP contribution in [-0.4, -0.2) is 37.9 Å². The molecule has 0 bridgehead atoms. The molecule has 0 spiro atoms. The van der Waals surface area contributed by atoms with E-state index in [-0.39, 0.29) is 22.9 Å². The number of benzene rings is 2. The maximum atomic E-state index is 13.2. The molecule has 0 aliphatic carbocycles. The van der Waals surface area contributed by atoms with Gasteiger partial charge in [0.25, 0.3) is 5.56 Å². The number of ether oxygens (including phenoxy) is 2. The van der Waals surface area contributed by atoms with Gasteiger partial charge in [-0.25, -0.2) is 9.18 Å². The van der Waals surface area contributed by atoms with E-state index in [0.717, 1.165) is 22.9 Å². The monoisotopic (exact) mass is 526 g/mol. The second-order valence-corrected chi connectivity index (χ2v) is 8.57. The van der Waals surface area contributed by atoms with Crippen LogP contribution in [0.15, 0.2) is 62.7 Å². The van der Waals surface area contributed by atoms with Crippen LogP contribution in [0.3, 0.4) is 0 Å². The maximum Gasteiger partial charge on any atom is 0.362 e. The molecule has 3 aromatic rings. The first kappa shape index (κ1) is 23.4. The summed E-state index contributed by atoms with van der Waals surface area (Å²) in [5, 5.41) is 3.91. The molecule has 0 saturated heterocycles. The molecule has 1 heterocycles. The van der Waals surface area contributed by atoms with Crippen LogP contribution in [0.2, 0.25) is 0 Å². The predicted molar refractivity (Wildman–Crippen MR) is 114 cm³/mol. The highest BCUT2D eigenvalue weighted by Crippen LogP contribution is 2.30. The van der Waals surface area contributed by atoms with Gasteiger partial charge < -0.3 is 13.7 Å². The second-order valence-electron chi connectivity index (χ2n) is 6.14. The van der Waals surface area contributed by atoms with Gasteiger partial charge in [0.2, 0.25) is 5.69 Å². The molecule has 0 atom stereocenters. The first-order valence-electron chi connectivity index (χ1n) is 9.01. The van der Waals surface area contributed by atoms with Gasteiger partial charge in [0.1, 0.15) is 16.5 Å². The zero-order chi connectivity index (χ0) is 23.5. The van der Waals surface area contributed by atoms with Crippen molar-refractivity contribution in [2.45, 2.75) is 11.8 Å². The van der Waals surface area contributed by atoms with E-state index >= 15 is 0 Å². The van der Waals surface area contributed by atoms with Gasteiger partial charge in [0, 0.05) is 4.47 Å². The van der Waals surface area contributed by atoms with E-state index in [1.54, 1.807) is 6.07 Å². The lowest BCUT2D eigenvalue weighted by Gasteiger charge is -2.14. The average molecular weight is 527 g/mol. The van der Waals surface area contributed by atoms with E-state index < -0.39 is 38.9 Å². The standard InChI is InChI=1S/C20H16BrFN2O7S/c1-3-30-20(26)19-16(11-18(25)24(23-19)14-7-5-13(22)6-8-14)31-32(27,28)17-10-12(21)4-9-15(17)29-2/h4-11H,3H2,1-2H3. The zero-order valence-electron chi connectivity index (χ0n) is 16.7. The van der Waals surface area contributed by atoms with Gasteiger partial charge in [0.15, 0.2) is 5.75 Å². The molecule has 12 heteroatoms. The first-order valence-corrected chi connectivity index (χ1v) is 11.2. The fraction of sp³-hybridized carbons (Fsp3) is 0.150. The molecular formula is C20H16BrFN2O7S. The van der Waals surface area contributed by atoms with Gasteiger partial charge in [-0.2, -0.15) is 18.2 Å². The predicted octanol–water partition coefficient (Wildman–Crippen LogP) is 3.09. The maximum absolute atomic E-state index is 13.2. The Bertz CT molecular complexity index is 1320. The number of aromatic nitrogens is 2. The van der Waals surface area contributed by atoms with E-state index in [2.05, 4.69) is 21.0 Å². The van der Waals surface area contributed by atoms with Crippen LogP contribution in [0.4, 0.5) is 4.39 Å². The summed E-state index contributed by atoms with van der Waals surface area (Å²) in [7, 11) is -3.27. The lowest BCUT2D eigenvalue weighted by molar-refractivity contribution is 0.0515. The molecule has 0 radical (unpaired) electrons. The van der Waals surface area contributed by atoms with Crippen molar-refractivity contribution in [2.75, 3.05) is 13.7 Å². The molecular weight excluding hydrogens is 511 g/mol. The molecule has 0 aliphatic heterocycles. The van der Waals surface area contributed by atoms with Crippen molar-refractivity contribution in [1.82, 2.24) is 9.78 Å². The van der Waals surface area contributed by atoms with Crippen LogP contribution in [-0.2, 0) is 14.9 Å². The third-order valence-electron chi connectivity index (χ3n) is 4.03. The van der Waals surface area contributed by atoms with Crippen LogP contribution < -0.4 is 14.5 Å². The third-order valence-corrected chi connectivity index (χ3v) is 5.78. The molecule has 2 aromatic carbocycles. The molecule has 0 unspecified atom stereocenters. The van der Waals surface area contributed by atoms with Gasteiger partial charge in [-0.15, -0.1) is 0 Å². The Kier molecular flexibility index (Phi) is 6.94. The minimum atomic E-state index is -4.55. The Hall–Kier alpha value is -3.25. The quantitative estimate of drug-likeness (QED) is 0.340. The normalized spacial score (nSPS) is 11.1. The second kappa shape index (κ2) is 9.49. The molecule has 1 aromatic heterocycles. The van der Waals surface area contributed by atoms with E-state index in [9.17, 15) is 22.4 Å². The zero-order valence-corrected chi connectivity index (χ0v) is 19.1. The summed E-state index contributed by atoms with van der Waals surface area (Å²) in [4.78, 5) is 24.7. The van der Waals surface area contributed by atoms with Crippen molar-refractivity contribution in [3.8, 4) is 17.2 Å². The summed E-state index contributed by atoms with van der Waals surface area (Å²) in [5.41, 5.74) is -1.24. The molecule has 0 aliphatic rings. The van der Waals surface area contributed by atoms with Gasteiger partial charge in [-0.3, -0.25) is 4.79 Å². The van der Waals surface area contributed by atoms with Crippen LogP contribution in [0.5, 0.6) is 11.5 Å². The van der Waals surface area contributed by atoms with E-state index in [1.807, 2.05) is 0 Å². The molecule has 0 amide bonds. The molecule has 168 valence electrons. The number of esters is 1. The SMILES string of the molecule is CCOC(=O)c1nn(-c2ccc(F)cc2)c(=O)cc1OS(=O)(=O)c1cc(Br)ccc1OC. The fourth-order valence-electron chi connectivity index (χ4n) is 2.62. The summed E-state index contributed by atoms with van der Waals surface area (Å²) in [5.74, 6) is -2.21. The van der Waals surface area contributed by atoms with Crippen molar-refractivity contribution in [2.24, 2.45) is 0 Å². The van der Waals surface area contributed by atoms with Crippen LogP contribution >= 0.6 is 15.9 Å². The van der Waals surface area contributed by atoms with Crippen molar-refractivity contribution in [3.63, 3.8) is 0 Å². The number of carbonyl (C=O) groups is 1. The van der Waals surface area contributed by atoms with E-state index in [1.165, 1.54) is 38.3 Å². The van der Waals surface area contributed by atoms with Gasteiger partial charge >= 0.3 is 16.1 Å². The van der Waals surface area contributed by atoms with Gasteiger partial charge in [-0.05, 0) is 49.4 Å². The Morgan fingerprint density at radius 1 is 1.12 bits per heavy atom. The third kappa shape index (κ3) is 4.97. The number of nitrogens with zero attached hydrogens (tertiary/aromatic N) is 2. The Morgan fingerprint density at radius 3 is 2.44 bits per heavy atom. The summed E-state index contributed by atoms with van der Waals surface area (Å²) in [6.07, 6.45) is 0. The number of hydrogen-bond acceptors (Lipinski definition) is 8.